The molecule has 0 spiro atoms. The maximum absolute atomic E-state index is 12.7. The zero-order chi connectivity index (χ0) is 16.1. The van der Waals surface area contributed by atoms with Crippen molar-refractivity contribution in [3.63, 3.8) is 0 Å². The highest BCUT2D eigenvalue weighted by molar-refractivity contribution is 6.54. The van der Waals surface area contributed by atoms with E-state index < -0.39 is 0 Å². The van der Waals surface area contributed by atoms with Crippen LogP contribution in [0.1, 0.15) is 42.3 Å². The van der Waals surface area contributed by atoms with Gasteiger partial charge in [-0.2, -0.15) is 4.74 Å². The summed E-state index contributed by atoms with van der Waals surface area (Å²) in [6, 6.07) is 12.3. The molecule has 0 radical (unpaired) electrons. The third kappa shape index (κ3) is 2.22. The second-order valence-corrected chi connectivity index (χ2v) is 6.84. The summed E-state index contributed by atoms with van der Waals surface area (Å²) in [4.78, 5) is 12.7. The van der Waals surface area contributed by atoms with E-state index in [1.807, 2.05) is 12.1 Å². The van der Waals surface area contributed by atoms with E-state index in [1.165, 1.54) is 0 Å². The third-order valence-electron chi connectivity index (χ3n) is 3.87. The summed E-state index contributed by atoms with van der Waals surface area (Å²) in [6.07, 6.45) is 0. The molecule has 112 valence electrons. The molecule has 0 bridgehead atoms. The van der Waals surface area contributed by atoms with Gasteiger partial charge in [0.1, 0.15) is 5.56 Å². The number of carbonyl (C=O) groups is 1. The first kappa shape index (κ1) is 14.8. The first-order chi connectivity index (χ1) is 10.3. The Morgan fingerprint density at radius 2 is 1.73 bits per heavy atom. The Bertz CT molecular complexity index is 816. The standard InChI is InChI=1S/C18H16ClNO2/c1-18(2,3)11-8-9-15-13(10-11)17(21)16(20(15)22)12-6-4-5-7-14(12)19/h4-10H,1-3H3. The van der Waals surface area contributed by atoms with Gasteiger partial charge in [0.25, 0.3) is 11.5 Å². The van der Waals surface area contributed by atoms with Crippen LogP contribution in [0.2, 0.25) is 5.02 Å². The highest BCUT2D eigenvalue weighted by Crippen LogP contribution is 2.33. The fourth-order valence-electron chi connectivity index (χ4n) is 2.59. The van der Waals surface area contributed by atoms with Gasteiger partial charge in [-0.3, -0.25) is 4.79 Å². The molecule has 1 heterocycles. The maximum Gasteiger partial charge on any atom is 0.274 e. The number of fused-ring (bicyclic) bond motifs is 1. The van der Waals surface area contributed by atoms with Gasteiger partial charge in [0, 0.05) is 6.07 Å². The zero-order valence-corrected chi connectivity index (χ0v) is 13.4. The predicted molar refractivity (Wildman–Crippen MR) is 88.3 cm³/mol. The van der Waals surface area contributed by atoms with Gasteiger partial charge in [-0.15, -0.1) is 0 Å². The minimum absolute atomic E-state index is 0.0871. The van der Waals surface area contributed by atoms with Crippen molar-refractivity contribution in [1.82, 2.24) is 0 Å². The molecule has 22 heavy (non-hydrogen) atoms. The van der Waals surface area contributed by atoms with E-state index in [2.05, 4.69) is 20.8 Å². The van der Waals surface area contributed by atoms with Crippen LogP contribution in [-0.4, -0.2) is 16.2 Å². The third-order valence-corrected chi connectivity index (χ3v) is 4.20. The topological polar surface area (TPSA) is 43.1 Å². The number of carbonyl (C=O) groups excluding carboxylic acids is 1. The predicted octanol–water partition coefficient (Wildman–Crippen LogP) is 4.46. The van der Waals surface area contributed by atoms with E-state index in [1.54, 1.807) is 30.3 Å². The molecule has 0 atom stereocenters. The molecule has 2 aromatic rings. The van der Waals surface area contributed by atoms with Crippen molar-refractivity contribution in [3.05, 3.63) is 69.4 Å². The molecule has 2 aromatic carbocycles. The summed E-state index contributed by atoms with van der Waals surface area (Å²) < 4.78 is 0.686. The van der Waals surface area contributed by atoms with Crippen LogP contribution in [0.4, 0.5) is 5.69 Å². The highest BCUT2D eigenvalue weighted by atomic mass is 35.5. The van der Waals surface area contributed by atoms with Crippen LogP contribution in [0.5, 0.6) is 0 Å². The van der Waals surface area contributed by atoms with Crippen molar-refractivity contribution in [2.45, 2.75) is 26.2 Å². The molecule has 4 heteroatoms. The summed E-state index contributed by atoms with van der Waals surface area (Å²) in [7, 11) is 0. The second kappa shape index (κ2) is 4.96. The second-order valence-electron chi connectivity index (χ2n) is 6.43. The Hall–Kier alpha value is -2.13. The Kier molecular flexibility index (Phi) is 3.33. The van der Waals surface area contributed by atoms with E-state index in [9.17, 15) is 10.0 Å². The van der Waals surface area contributed by atoms with Crippen LogP contribution < -0.4 is 0 Å². The summed E-state index contributed by atoms with van der Waals surface area (Å²) in [5.74, 6) is -0.274. The lowest BCUT2D eigenvalue weighted by Gasteiger charge is -2.19. The molecule has 0 N–H and O–H groups in total. The molecule has 3 nitrogen and oxygen atoms in total. The molecule has 0 aromatic heterocycles. The van der Waals surface area contributed by atoms with Gasteiger partial charge in [0.15, 0.2) is 0 Å². The van der Waals surface area contributed by atoms with Crippen LogP contribution in [-0.2, 0) is 5.41 Å². The molecule has 0 amide bonds. The Balaban J connectivity index is 2.16. The maximum atomic E-state index is 12.7. The normalized spacial score (nSPS) is 14.5. The summed E-state index contributed by atoms with van der Waals surface area (Å²) >= 11 is 6.14. The lowest BCUT2D eigenvalue weighted by atomic mass is 9.85. The average Bonchev–Trinajstić information content (AvgIpc) is 2.71. The van der Waals surface area contributed by atoms with Crippen molar-refractivity contribution < 1.29 is 9.53 Å². The van der Waals surface area contributed by atoms with Gasteiger partial charge in [-0.05, 0) is 29.2 Å². The molecular weight excluding hydrogens is 298 g/mol. The van der Waals surface area contributed by atoms with Crippen LogP contribution in [0.3, 0.4) is 0 Å². The van der Waals surface area contributed by atoms with Gasteiger partial charge in [-0.1, -0.05) is 50.6 Å². The van der Waals surface area contributed by atoms with E-state index in [4.69, 9.17) is 11.6 Å². The van der Waals surface area contributed by atoms with Gasteiger partial charge in [0.2, 0.25) is 5.69 Å². The van der Waals surface area contributed by atoms with Gasteiger partial charge in [-0.25, -0.2) is 0 Å². The fraction of sp³-hybridized carbons (Fsp3) is 0.222. The Morgan fingerprint density at radius 1 is 1.05 bits per heavy atom. The van der Waals surface area contributed by atoms with E-state index in [0.717, 1.165) is 5.56 Å². The van der Waals surface area contributed by atoms with E-state index in [-0.39, 0.29) is 16.9 Å². The first-order valence-corrected chi connectivity index (χ1v) is 7.47. The molecule has 0 fully saturated rings. The monoisotopic (exact) mass is 313 g/mol. The number of Topliss-reactive ketones (excluding diaryl/α,β-unsaturated/α-hetero) is 1. The zero-order valence-electron chi connectivity index (χ0n) is 12.7. The summed E-state index contributed by atoms with van der Waals surface area (Å²) in [5.41, 5.74) is 2.32. The van der Waals surface area contributed by atoms with Crippen molar-refractivity contribution in [1.29, 1.82) is 0 Å². The number of hydrogen-bond acceptors (Lipinski definition) is 2. The number of hydrogen-bond donors (Lipinski definition) is 0. The van der Waals surface area contributed by atoms with Crippen molar-refractivity contribution in [2.75, 3.05) is 0 Å². The van der Waals surface area contributed by atoms with Crippen molar-refractivity contribution in [2.24, 2.45) is 0 Å². The van der Waals surface area contributed by atoms with Crippen LogP contribution >= 0.6 is 11.6 Å². The number of rotatable bonds is 1. The molecule has 0 aliphatic carbocycles. The van der Waals surface area contributed by atoms with Gasteiger partial charge < -0.3 is 5.21 Å². The fourth-order valence-corrected chi connectivity index (χ4v) is 2.81. The van der Waals surface area contributed by atoms with Crippen LogP contribution in [0.15, 0.2) is 42.5 Å². The van der Waals surface area contributed by atoms with Crippen LogP contribution in [0, 0.1) is 5.21 Å². The molecule has 3 rings (SSSR count). The summed E-state index contributed by atoms with van der Waals surface area (Å²) in [5, 5.41) is 12.9. The lowest BCUT2D eigenvalue weighted by Crippen LogP contribution is -2.17. The largest absolute Gasteiger partial charge is 0.618 e. The van der Waals surface area contributed by atoms with Crippen LogP contribution in [0.25, 0.3) is 0 Å². The van der Waals surface area contributed by atoms with Crippen molar-refractivity contribution in [3.8, 4) is 0 Å². The smallest absolute Gasteiger partial charge is 0.274 e. The Labute approximate surface area is 134 Å². The minimum Gasteiger partial charge on any atom is -0.618 e. The molecule has 0 saturated heterocycles. The van der Waals surface area contributed by atoms with Gasteiger partial charge in [0.05, 0.1) is 10.6 Å². The molecule has 0 saturated carbocycles. The first-order valence-electron chi connectivity index (χ1n) is 7.09. The quantitative estimate of drug-likeness (QED) is 0.576. The molecule has 0 unspecified atom stereocenters. The average molecular weight is 314 g/mol. The van der Waals surface area contributed by atoms with E-state index >= 15 is 0 Å². The number of halogens is 1. The molecular formula is C18H16ClNO2. The highest BCUT2D eigenvalue weighted by Gasteiger charge is 2.38. The van der Waals surface area contributed by atoms with Crippen molar-refractivity contribution >= 4 is 28.8 Å². The summed E-state index contributed by atoms with van der Waals surface area (Å²) in [6.45, 7) is 6.21. The SMILES string of the molecule is CC(C)(C)c1ccc2c(c1)C(=O)C(c1ccccc1Cl)=[N+]2[O-]. The van der Waals surface area contributed by atoms with E-state index in [0.29, 0.717) is 26.6 Å². The minimum atomic E-state index is -0.274. The molecule has 1 aliphatic rings. The van der Waals surface area contributed by atoms with Gasteiger partial charge >= 0.3 is 0 Å². The lowest BCUT2D eigenvalue weighted by molar-refractivity contribution is -0.355. The number of nitrogens with zero attached hydrogens (tertiary/aromatic N) is 1. The molecule has 1 aliphatic heterocycles. The number of ketones is 1. The number of benzene rings is 2. The Morgan fingerprint density at radius 3 is 2.36 bits per heavy atom.